The van der Waals surface area contributed by atoms with Crippen LogP contribution in [0.25, 0.3) is 0 Å². The summed E-state index contributed by atoms with van der Waals surface area (Å²) in [6.45, 7) is 1.60. The summed E-state index contributed by atoms with van der Waals surface area (Å²) in [5, 5.41) is 8.58. The summed E-state index contributed by atoms with van der Waals surface area (Å²) in [7, 11) is 0. The van der Waals surface area contributed by atoms with Crippen molar-refractivity contribution in [1.29, 1.82) is 0 Å². The van der Waals surface area contributed by atoms with Crippen LogP contribution in [0.2, 0.25) is 0 Å². The molecule has 0 aliphatic carbocycles. The lowest BCUT2D eigenvalue weighted by atomic mass is 10.0. The van der Waals surface area contributed by atoms with E-state index in [9.17, 15) is 9.18 Å². The number of rotatable bonds is 5. The van der Waals surface area contributed by atoms with Crippen molar-refractivity contribution in [3.8, 4) is 0 Å². The molecule has 0 fully saturated rings. The fourth-order valence-corrected chi connectivity index (χ4v) is 2.49. The van der Waals surface area contributed by atoms with Crippen LogP contribution < -0.4 is 4.90 Å². The molecule has 0 spiro atoms. The molecule has 1 aliphatic heterocycles. The fourth-order valence-electron chi connectivity index (χ4n) is 2.49. The second-order valence-corrected chi connectivity index (χ2v) is 4.69. The van der Waals surface area contributed by atoms with Crippen LogP contribution in [0, 0.1) is 5.82 Å². The molecule has 1 aliphatic rings. The van der Waals surface area contributed by atoms with E-state index in [1.165, 1.54) is 6.07 Å². The summed E-state index contributed by atoms with van der Waals surface area (Å²) in [5.41, 5.74) is 1.79. The van der Waals surface area contributed by atoms with E-state index >= 15 is 0 Å². The third kappa shape index (κ3) is 3.00. The number of hydrogen-bond donors (Lipinski definition) is 1. The first-order chi connectivity index (χ1) is 8.68. The van der Waals surface area contributed by atoms with E-state index in [0.29, 0.717) is 6.42 Å². The number of aryl methyl sites for hydroxylation is 1. The van der Waals surface area contributed by atoms with Gasteiger partial charge in [-0.3, -0.25) is 4.79 Å². The van der Waals surface area contributed by atoms with Gasteiger partial charge in [0, 0.05) is 19.5 Å². The number of hydrogen-bond acceptors (Lipinski definition) is 2. The van der Waals surface area contributed by atoms with E-state index in [-0.39, 0.29) is 12.2 Å². The number of nitrogens with zero attached hydrogens (tertiary/aromatic N) is 1. The molecule has 0 saturated carbocycles. The van der Waals surface area contributed by atoms with Crippen molar-refractivity contribution in [1.82, 2.24) is 0 Å². The SMILES string of the molecule is O=C(O)CCCCN1CCCc2cccc(F)c21. The Balaban J connectivity index is 1.97. The molecule has 1 N–H and O–H groups in total. The Morgan fingerprint density at radius 3 is 3.00 bits per heavy atom. The van der Waals surface area contributed by atoms with Gasteiger partial charge in [-0.1, -0.05) is 12.1 Å². The van der Waals surface area contributed by atoms with Crippen molar-refractivity contribution in [3.05, 3.63) is 29.6 Å². The number of para-hydroxylation sites is 1. The van der Waals surface area contributed by atoms with Gasteiger partial charge in [0.2, 0.25) is 0 Å². The molecule has 1 aromatic rings. The lowest BCUT2D eigenvalue weighted by Crippen LogP contribution is -2.31. The van der Waals surface area contributed by atoms with E-state index in [0.717, 1.165) is 43.6 Å². The monoisotopic (exact) mass is 251 g/mol. The zero-order valence-electron chi connectivity index (χ0n) is 10.4. The van der Waals surface area contributed by atoms with Gasteiger partial charge in [0.25, 0.3) is 0 Å². The minimum absolute atomic E-state index is 0.162. The van der Waals surface area contributed by atoms with Crippen LogP contribution in [-0.2, 0) is 11.2 Å². The maximum absolute atomic E-state index is 13.8. The summed E-state index contributed by atoms with van der Waals surface area (Å²) < 4.78 is 13.8. The Morgan fingerprint density at radius 2 is 2.22 bits per heavy atom. The average molecular weight is 251 g/mol. The van der Waals surface area contributed by atoms with Crippen LogP contribution in [0.5, 0.6) is 0 Å². The molecule has 0 unspecified atom stereocenters. The number of unbranched alkanes of at least 4 members (excludes halogenated alkanes) is 1. The Hall–Kier alpha value is -1.58. The number of carboxylic acids is 1. The van der Waals surface area contributed by atoms with E-state index in [1.54, 1.807) is 6.07 Å². The quantitative estimate of drug-likeness (QED) is 0.818. The summed E-state index contributed by atoms with van der Waals surface area (Å²) in [4.78, 5) is 12.5. The highest BCUT2D eigenvalue weighted by atomic mass is 19.1. The van der Waals surface area contributed by atoms with Gasteiger partial charge in [0.1, 0.15) is 5.82 Å². The minimum Gasteiger partial charge on any atom is -0.481 e. The maximum Gasteiger partial charge on any atom is 0.303 e. The standard InChI is InChI=1S/C14H18FNO2/c15-12-7-3-5-11-6-4-10-16(14(11)12)9-2-1-8-13(17)18/h3,5,7H,1-2,4,6,8-10H2,(H,17,18). The summed E-state index contributed by atoms with van der Waals surface area (Å²) in [6, 6.07) is 5.22. The lowest BCUT2D eigenvalue weighted by molar-refractivity contribution is -0.137. The molecule has 1 heterocycles. The molecule has 18 heavy (non-hydrogen) atoms. The second-order valence-electron chi connectivity index (χ2n) is 4.69. The predicted octanol–water partition coefficient (Wildman–Crippen LogP) is 2.83. The smallest absolute Gasteiger partial charge is 0.303 e. The summed E-state index contributed by atoms with van der Waals surface area (Å²) in [6.07, 6.45) is 3.60. The Bertz CT molecular complexity index is 434. The first kappa shape index (κ1) is 12.9. The normalized spacial score (nSPS) is 14.4. The van der Waals surface area contributed by atoms with Crippen molar-refractivity contribution < 1.29 is 14.3 Å². The van der Waals surface area contributed by atoms with Crippen LogP contribution in [0.3, 0.4) is 0 Å². The molecule has 3 nitrogen and oxygen atoms in total. The van der Waals surface area contributed by atoms with Crippen LogP contribution in [0.15, 0.2) is 18.2 Å². The Labute approximate surface area is 106 Å². The first-order valence-corrected chi connectivity index (χ1v) is 6.42. The molecule has 0 radical (unpaired) electrons. The highest BCUT2D eigenvalue weighted by Crippen LogP contribution is 2.29. The van der Waals surface area contributed by atoms with E-state index < -0.39 is 5.97 Å². The van der Waals surface area contributed by atoms with Crippen molar-refractivity contribution >= 4 is 11.7 Å². The van der Waals surface area contributed by atoms with Gasteiger partial charge in [0.15, 0.2) is 0 Å². The van der Waals surface area contributed by atoms with Crippen LogP contribution >= 0.6 is 0 Å². The van der Waals surface area contributed by atoms with Crippen molar-refractivity contribution in [3.63, 3.8) is 0 Å². The lowest BCUT2D eigenvalue weighted by Gasteiger charge is -2.31. The van der Waals surface area contributed by atoms with Gasteiger partial charge < -0.3 is 10.0 Å². The maximum atomic E-state index is 13.8. The van der Waals surface area contributed by atoms with Crippen LogP contribution in [-0.4, -0.2) is 24.2 Å². The molecule has 0 bridgehead atoms. The predicted molar refractivity (Wildman–Crippen MR) is 68.4 cm³/mol. The first-order valence-electron chi connectivity index (χ1n) is 6.42. The van der Waals surface area contributed by atoms with Crippen LogP contribution in [0.1, 0.15) is 31.2 Å². The molecule has 0 saturated heterocycles. The summed E-state index contributed by atoms with van der Waals surface area (Å²) >= 11 is 0. The topological polar surface area (TPSA) is 40.5 Å². The summed E-state index contributed by atoms with van der Waals surface area (Å²) in [5.74, 6) is -0.925. The number of carbonyl (C=O) groups is 1. The average Bonchev–Trinajstić information content (AvgIpc) is 2.34. The third-order valence-electron chi connectivity index (χ3n) is 3.33. The van der Waals surface area contributed by atoms with E-state index in [2.05, 4.69) is 4.90 Å². The zero-order chi connectivity index (χ0) is 13.0. The number of fused-ring (bicyclic) bond motifs is 1. The van der Waals surface area contributed by atoms with Gasteiger partial charge in [-0.05, 0) is 37.3 Å². The fraction of sp³-hybridized carbons (Fsp3) is 0.500. The highest BCUT2D eigenvalue weighted by Gasteiger charge is 2.19. The molecular formula is C14H18FNO2. The van der Waals surface area contributed by atoms with Crippen LogP contribution in [0.4, 0.5) is 10.1 Å². The molecule has 4 heteroatoms. The molecule has 2 rings (SSSR count). The highest BCUT2D eigenvalue weighted by molar-refractivity contribution is 5.66. The number of carboxylic acid groups (broad SMARTS) is 1. The second kappa shape index (κ2) is 5.85. The number of aliphatic carboxylic acids is 1. The molecule has 98 valence electrons. The van der Waals surface area contributed by atoms with Gasteiger partial charge in [-0.15, -0.1) is 0 Å². The van der Waals surface area contributed by atoms with Gasteiger partial charge in [-0.2, -0.15) is 0 Å². The Kier molecular flexibility index (Phi) is 4.18. The van der Waals surface area contributed by atoms with Crippen molar-refractivity contribution in [2.24, 2.45) is 0 Å². The number of halogens is 1. The van der Waals surface area contributed by atoms with Gasteiger partial charge in [-0.25, -0.2) is 4.39 Å². The minimum atomic E-state index is -0.764. The van der Waals surface area contributed by atoms with Crippen molar-refractivity contribution in [2.75, 3.05) is 18.0 Å². The molecular weight excluding hydrogens is 233 g/mol. The molecule has 0 atom stereocenters. The van der Waals surface area contributed by atoms with E-state index in [4.69, 9.17) is 5.11 Å². The largest absolute Gasteiger partial charge is 0.481 e. The number of anilines is 1. The third-order valence-corrected chi connectivity index (χ3v) is 3.33. The molecule has 0 amide bonds. The van der Waals surface area contributed by atoms with Gasteiger partial charge >= 0.3 is 5.97 Å². The molecule has 1 aromatic carbocycles. The Morgan fingerprint density at radius 1 is 1.39 bits per heavy atom. The van der Waals surface area contributed by atoms with Gasteiger partial charge in [0.05, 0.1) is 5.69 Å². The van der Waals surface area contributed by atoms with Crippen molar-refractivity contribution in [2.45, 2.75) is 32.1 Å². The van der Waals surface area contributed by atoms with E-state index in [1.807, 2.05) is 6.07 Å². The number of benzene rings is 1. The molecule has 0 aromatic heterocycles. The zero-order valence-corrected chi connectivity index (χ0v) is 10.4.